The van der Waals surface area contributed by atoms with E-state index in [1.165, 1.54) is 25.7 Å². The van der Waals surface area contributed by atoms with E-state index in [1.807, 2.05) is 24.3 Å². The van der Waals surface area contributed by atoms with Crippen molar-refractivity contribution in [1.82, 2.24) is 5.32 Å². The van der Waals surface area contributed by atoms with Gasteiger partial charge in [0.05, 0.1) is 6.10 Å². The Morgan fingerprint density at radius 2 is 2.12 bits per heavy atom. The molecule has 1 unspecified atom stereocenters. The van der Waals surface area contributed by atoms with Gasteiger partial charge in [-0.05, 0) is 37.5 Å². The summed E-state index contributed by atoms with van der Waals surface area (Å²) in [7, 11) is 0. The van der Waals surface area contributed by atoms with Crippen molar-refractivity contribution in [1.29, 1.82) is 0 Å². The first-order valence-electron chi connectivity index (χ1n) is 6.28. The molecule has 0 aliphatic heterocycles. The second-order valence-corrected chi connectivity index (χ2v) is 6.14. The van der Waals surface area contributed by atoms with E-state index < -0.39 is 6.10 Å². The first-order valence-corrected chi connectivity index (χ1v) is 7.07. The molecule has 0 radical (unpaired) electrons. The Hall–Kier alpha value is -0.380. The minimum absolute atomic E-state index is 0.229. The van der Waals surface area contributed by atoms with E-state index in [-0.39, 0.29) is 5.54 Å². The van der Waals surface area contributed by atoms with Crippen LogP contribution in [0.1, 0.15) is 44.3 Å². The van der Waals surface area contributed by atoms with Crippen LogP contribution in [-0.4, -0.2) is 17.2 Å². The highest BCUT2D eigenvalue weighted by atomic mass is 79.9. The largest absolute Gasteiger partial charge is 0.387 e. The predicted molar refractivity (Wildman–Crippen MR) is 74.0 cm³/mol. The van der Waals surface area contributed by atoms with Crippen molar-refractivity contribution in [3.05, 3.63) is 34.3 Å². The molecule has 0 spiro atoms. The van der Waals surface area contributed by atoms with Gasteiger partial charge in [-0.15, -0.1) is 0 Å². The summed E-state index contributed by atoms with van der Waals surface area (Å²) in [5, 5.41) is 13.6. The number of β-amino-alcohol motifs (C(OH)–C–C–N with tert-alkyl or cyclic N) is 1. The average molecular weight is 298 g/mol. The number of nitrogens with one attached hydrogen (secondary N) is 1. The van der Waals surface area contributed by atoms with Crippen molar-refractivity contribution in [2.24, 2.45) is 0 Å². The van der Waals surface area contributed by atoms with Crippen molar-refractivity contribution in [2.75, 3.05) is 6.54 Å². The lowest BCUT2D eigenvalue weighted by Gasteiger charge is -2.27. The Labute approximate surface area is 112 Å². The molecule has 94 valence electrons. The Bertz CT molecular complexity index is 374. The third-order valence-electron chi connectivity index (χ3n) is 3.66. The van der Waals surface area contributed by atoms with Gasteiger partial charge in [-0.25, -0.2) is 0 Å². The van der Waals surface area contributed by atoms with Crippen molar-refractivity contribution >= 4 is 15.9 Å². The summed E-state index contributed by atoms with van der Waals surface area (Å²) in [6.07, 6.45) is 4.62. The fourth-order valence-corrected chi connectivity index (χ4v) is 2.92. The molecule has 2 rings (SSSR count). The van der Waals surface area contributed by atoms with Crippen molar-refractivity contribution < 1.29 is 5.11 Å². The zero-order chi connectivity index (χ0) is 12.3. The molecule has 1 saturated carbocycles. The van der Waals surface area contributed by atoms with Gasteiger partial charge in [-0.1, -0.05) is 40.9 Å². The third-order valence-corrected chi connectivity index (χ3v) is 4.16. The van der Waals surface area contributed by atoms with E-state index in [9.17, 15) is 5.11 Å². The molecular weight excluding hydrogens is 278 g/mol. The SMILES string of the molecule is CC1(NCC(O)c2cccc(Br)c2)CCCC1. The van der Waals surface area contributed by atoms with E-state index in [1.54, 1.807) is 0 Å². The van der Waals surface area contributed by atoms with Gasteiger partial charge in [0.25, 0.3) is 0 Å². The number of hydrogen-bond donors (Lipinski definition) is 2. The topological polar surface area (TPSA) is 32.3 Å². The number of halogens is 1. The molecule has 0 saturated heterocycles. The lowest BCUT2D eigenvalue weighted by Crippen LogP contribution is -2.41. The van der Waals surface area contributed by atoms with Crippen LogP contribution in [0.4, 0.5) is 0 Å². The Morgan fingerprint density at radius 1 is 1.41 bits per heavy atom. The van der Waals surface area contributed by atoms with Gasteiger partial charge >= 0.3 is 0 Å². The number of hydrogen-bond acceptors (Lipinski definition) is 2. The number of aliphatic hydroxyl groups is 1. The van der Waals surface area contributed by atoms with Crippen LogP contribution in [0.3, 0.4) is 0 Å². The molecule has 0 aromatic heterocycles. The molecule has 1 fully saturated rings. The molecule has 1 aromatic carbocycles. The summed E-state index contributed by atoms with van der Waals surface area (Å²) in [5.41, 5.74) is 1.20. The van der Waals surface area contributed by atoms with Gasteiger partial charge in [-0.2, -0.15) is 0 Å². The molecule has 17 heavy (non-hydrogen) atoms. The van der Waals surface area contributed by atoms with Crippen LogP contribution in [0.15, 0.2) is 28.7 Å². The molecule has 1 aliphatic carbocycles. The summed E-state index contributed by atoms with van der Waals surface area (Å²) in [4.78, 5) is 0. The van der Waals surface area contributed by atoms with Gasteiger partial charge in [0.15, 0.2) is 0 Å². The molecule has 1 aromatic rings. The number of rotatable bonds is 4. The third kappa shape index (κ3) is 3.54. The molecule has 3 heteroatoms. The maximum atomic E-state index is 10.1. The zero-order valence-electron chi connectivity index (χ0n) is 10.2. The molecule has 0 heterocycles. The van der Waals surface area contributed by atoms with Crippen molar-refractivity contribution in [3.63, 3.8) is 0 Å². The van der Waals surface area contributed by atoms with Gasteiger partial charge < -0.3 is 10.4 Å². The van der Waals surface area contributed by atoms with Gasteiger partial charge in [0.2, 0.25) is 0 Å². The highest BCUT2D eigenvalue weighted by molar-refractivity contribution is 9.10. The lowest BCUT2D eigenvalue weighted by molar-refractivity contribution is 0.159. The minimum atomic E-state index is -0.426. The number of benzene rings is 1. The fourth-order valence-electron chi connectivity index (χ4n) is 2.51. The summed E-state index contributed by atoms with van der Waals surface area (Å²) >= 11 is 3.43. The second-order valence-electron chi connectivity index (χ2n) is 5.22. The van der Waals surface area contributed by atoms with Crippen LogP contribution in [0, 0.1) is 0 Å². The van der Waals surface area contributed by atoms with Gasteiger partial charge in [0.1, 0.15) is 0 Å². The Balaban J connectivity index is 1.91. The van der Waals surface area contributed by atoms with E-state index in [4.69, 9.17) is 0 Å². The van der Waals surface area contributed by atoms with Gasteiger partial charge in [0, 0.05) is 16.6 Å². The zero-order valence-corrected chi connectivity index (χ0v) is 11.8. The highest BCUT2D eigenvalue weighted by Crippen LogP contribution is 2.29. The molecule has 2 nitrogen and oxygen atoms in total. The van der Waals surface area contributed by atoms with Crippen LogP contribution >= 0.6 is 15.9 Å². The Kier molecular flexibility index (Phi) is 4.23. The van der Waals surface area contributed by atoms with Gasteiger partial charge in [-0.3, -0.25) is 0 Å². The summed E-state index contributed by atoms with van der Waals surface area (Å²) in [6.45, 7) is 2.89. The van der Waals surface area contributed by atoms with E-state index >= 15 is 0 Å². The van der Waals surface area contributed by atoms with E-state index in [0.717, 1.165) is 10.0 Å². The van der Waals surface area contributed by atoms with E-state index in [2.05, 4.69) is 28.2 Å². The summed E-state index contributed by atoms with van der Waals surface area (Å²) in [5.74, 6) is 0. The number of aliphatic hydroxyl groups excluding tert-OH is 1. The lowest BCUT2D eigenvalue weighted by atomic mass is 10.00. The van der Waals surface area contributed by atoms with Crippen LogP contribution in [0.2, 0.25) is 0 Å². The van der Waals surface area contributed by atoms with Crippen molar-refractivity contribution in [3.8, 4) is 0 Å². The fraction of sp³-hybridized carbons (Fsp3) is 0.571. The van der Waals surface area contributed by atoms with Crippen LogP contribution in [0.25, 0.3) is 0 Å². The highest BCUT2D eigenvalue weighted by Gasteiger charge is 2.28. The van der Waals surface area contributed by atoms with Crippen LogP contribution in [-0.2, 0) is 0 Å². The molecule has 0 bridgehead atoms. The maximum Gasteiger partial charge on any atom is 0.0914 e. The monoisotopic (exact) mass is 297 g/mol. The Morgan fingerprint density at radius 3 is 2.76 bits per heavy atom. The van der Waals surface area contributed by atoms with Crippen LogP contribution < -0.4 is 5.32 Å². The smallest absolute Gasteiger partial charge is 0.0914 e. The first-order chi connectivity index (χ1) is 8.09. The van der Waals surface area contributed by atoms with Crippen LogP contribution in [0.5, 0.6) is 0 Å². The second kappa shape index (κ2) is 5.51. The maximum absolute atomic E-state index is 10.1. The minimum Gasteiger partial charge on any atom is -0.387 e. The predicted octanol–water partition coefficient (Wildman–Crippen LogP) is 3.40. The van der Waals surface area contributed by atoms with E-state index in [0.29, 0.717) is 6.54 Å². The molecule has 1 aliphatic rings. The standard InChI is InChI=1S/C14H20BrNO/c1-14(7-2-3-8-14)16-10-13(17)11-5-4-6-12(15)9-11/h4-6,9,13,16-17H,2-3,7-8,10H2,1H3. The van der Waals surface area contributed by atoms with Crippen molar-refractivity contribution in [2.45, 2.75) is 44.2 Å². The summed E-state index contributed by atoms with van der Waals surface area (Å²) in [6, 6.07) is 7.87. The molecule has 2 N–H and O–H groups in total. The molecule has 1 atom stereocenters. The molecule has 0 amide bonds. The average Bonchev–Trinajstić information content (AvgIpc) is 2.74. The first kappa shape index (κ1) is 13.1. The molecular formula is C14H20BrNO. The normalized spacial score (nSPS) is 20.4. The quantitative estimate of drug-likeness (QED) is 0.893. The summed E-state index contributed by atoms with van der Waals surface area (Å²) < 4.78 is 1.01.